The molecule has 0 unspecified atom stereocenters. The van der Waals surface area contributed by atoms with Crippen molar-refractivity contribution in [3.63, 3.8) is 0 Å². The fraction of sp³-hybridized carbons (Fsp3) is 0.200. The van der Waals surface area contributed by atoms with E-state index in [0.717, 1.165) is 18.9 Å². The molecule has 0 aliphatic rings. The van der Waals surface area contributed by atoms with Crippen molar-refractivity contribution < 1.29 is 0 Å². The highest BCUT2D eigenvalue weighted by atomic mass is 35.5. The summed E-state index contributed by atoms with van der Waals surface area (Å²) in [5.74, 6) is 0.722. The van der Waals surface area contributed by atoms with E-state index in [4.69, 9.17) is 11.6 Å². The minimum absolute atomic E-state index is 0.642. The molecule has 0 radical (unpaired) electrons. The molecule has 5 heteroatoms. The predicted octanol–water partition coefficient (Wildman–Crippen LogP) is 2.04. The summed E-state index contributed by atoms with van der Waals surface area (Å²) >= 11 is 5.94. The second-order valence-corrected chi connectivity index (χ2v) is 3.47. The lowest BCUT2D eigenvalue weighted by Crippen LogP contribution is -2.10. The first kappa shape index (κ1) is 9.98. The van der Waals surface area contributed by atoms with Gasteiger partial charge >= 0.3 is 0 Å². The second-order valence-electron chi connectivity index (χ2n) is 3.06. The number of anilines is 1. The maximum absolute atomic E-state index is 5.94. The average molecular weight is 223 g/mol. The molecule has 2 aromatic rings. The summed E-state index contributed by atoms with van der Waals surface area (Å²) in [6, 6.07) is 3.62. The third-order valence-electron chi connectivity index (χ3n) is 1.98. The molecule has 0 atom stereocenters. The van der Waals surface area contributed by atoms with Gasteiger partial charge in [-0.2, -0.15) is 0 Å². The quantitative estimate of drug-likeness (QED) is 0.861. The van der Waals surface area contributed by atoms with Crippen LogP contribution < -0.4 is 5.32 Å². The summed E-state index contributed by atoms with van der Waals surface area (Å²) in [4.78, 5) is 8.09. The van der Waals surface area contributed by atoms with E-state index >= 15 is 0 Å². The van der Waals surface area contributed by atoms with Gasteiger partial charge in [0.15, 0.2) is 0 Å². The standard InChI is InChI=1S/C10H11ClN4/c11-9-2-1-3-13-10(9)14-5-7-15-6-4-12-8-15/h1-4,6,8H,5,7H2,(H,13,14). The monoisotopic (exact) mass is 222 g/mol. The van der Waals surface area contributed by atoms with E-state index < -0.39 is 0 Å². The van der Waals surface area contributed by atoms with Gasteiger partial charge in [-0.3, -0.25) is 0 Å². The number of nitrogens with one attached hydrogen (secondary N) is 1. The lowest BCUT2D eigenvalue weighted by molar-refractivity contribution is 0.725. The number of pyridine rings is 1. The average Bonchev–Trinajstić information content (AvgIpc) is 2.74. The molecule has 2 rings (SSSR count). The second kappa shape index (κ2) is 4.79. The number of aromatic nitrogens is 3. The first-order valence-corrected chi connectivity index (χ1v) is 5.04. The summed E-state index contributed by atoms with van der Waals surface area (Å²) in [7, 11) is 0. The van der Waals surface area contributed by atoms with E-state index in [2.05, 4.69) is 15.3 Å². The van der Waals surface area contributed by atoms with Gasteiger partial charge in [0.05, 0.1) is 11.3 Å². The van der Waals surface area contributed by atoms with Gasteiger partial charge in [0.2, 0.25) is 0 Å². The van der Waals surface area contributed by atoms with Crippen molar-refractivity contribution >= 4 is 17.4 Å². The number of halogens is 1. The molecule has 15 heavy (non-hydrogen) atoms. The van der Waals surface area contributed by atoms with E-state index in [9.17, 15) is 0 Å². The fourth-order valence-corrected chi connectivity index (χ4v) is 1.43. The summed E-state index contributed by atoms with van der Waals surface area (Å²) < 4.78 is 1.99. The SMILES string of the molecule is Clc1cccnc1NCCn1ccnc1. The Kier molecular flexibility index (Phi) is 3.19. The molecule has 2 heterocycles. The molecular formula is C10H11ClN4. The van der Waals surface area contributed by atoms with Gasteiger partial charge in [0, 0.05) is 31.7 Å². The van der Waals surface area contributed by atoms with Crippen LogP contribution in [0.2, 0.25) is 5.02 Å². The summed E-state index contributed by atoms with van der Waals surface area (Å²) in [5, 5.41) is 3.80. The third kappa shape index (κ3) is 2.70. The molecule has 0 bridgehead atoms. The highest BCUT2D eigenvalue weighted by molar-refractivity contribution is 6.32. The van der Waals surface area contributed by atoms with Gasteiger partial charge in [0.25, 0.3) is 0 Å². The minimum atomic E-state index is 0.642. The lowest BCUT2D eigenvalue weighted by Gasteiger charge is -2.06. The minimum Gasteiger partial charge on any atom is -0.367 e. The van der Waals surface area contributed by atoms with Crippen LogP contribution in [-0.2, 0) is 6.54 Å². The number of hydrogen-bond acceptors (Lipinski definition) is 3. The first-order chi connectivity index (χ1) is 7.36. The Morgan fingerprint density at radius 1 is 1.40 bits per heavy atom. The van der Waals surface area contributed by atoms with E-state index in [0.29, 0.717) is 5.02 Å². The van der Waals surface area contributed by atoms with Crippen LogP contribution in [0.25, 0.3) is 0 Å². The maximum Gasteiger partial charge on any atom is 0.144 e. The Balaban J connectivity index is 1.86. The first-order valence-electron chi connectivity index (χ1n) is 4.66. The Bertz CT molecular complexity index is 413. The molecular weight excluding hydrogens is 212 g/mol. The topological polar surface area (TPSA) is 42.7 Å². The Hall–Kier alpha value is -1.55. The molecule has 0 fully saturated rings. The molecule has 2 aromatic heterocycles. The Labute approximate surface area is 92.9 Å². The molecule has 0 aromatic carbocycles. The zero-order chi connectivity index (χ0) is 10.5. The number of rotatable bonds is 4. The van der Waals surface area contributed by atoms with E-state index in [-0.39, 0.29) is 0 Å². The number of imidazole rings is 1. The molecule has 78 valence electrons. The fourth-order valence-electron chi connectivity index (χ4n) is 1.24. The van der Waals surface area contributed by atoms with E-state index in [1.807, 2.05) is 22.9 Å². The summed E-state index contributed by atoms with van der Waals surface area (Å²) in [6.45, 7) is 1.61. The van der Waals surface area contributed by atoms with E-state index in [1.54, 1.807) is 18.7 Å². The molecule has 0 aliphatic heterocycles. The van der Waals surface area contributed by atoms with Crippen LogP contribution in [0.15, 0.2) is 37.1 Å². The smallest absolute Gasteiger partial charge is 0.144 e. The molecule has 0 amide bonds. The van der Waals surface area contributed by atoms with Crippen LogP contribution in [0.3, 0.4) is 0 Å². The van der Waals surface area contributed by atoms with Crippen LogP contribution in [0.1, 0.15) is 0 Å². The molecule has 0 saturated carbocycles. The van der Waals surface area contributed by atoms with E-state index in [1.165, 1.54) is 0 Å². The normalized spacial score (nSPS) is 10.2. The van der Waals surface area contributed by atoms with Crippen molar-refractivity contribution in [2.45, 2.75) is 6.54 Å². The third-order valence-corrected chi connectivity index (χ3v) is 2.29. The van der Waals surface area contributed by atoms with Crippen molar-refractivity contribution in [3.8, 4) is 0 Å². The van der Waals surface area contributed by atoms with Crippen molar-refractivity contribution in [2.24, 2.45) is 0 Å². The summed E-state index contributed by atoms with van der Waals surface area (Å²) in [6.07, 6.45) is 7.17. The Morgan fingerprint density at radius 2 is 2.33 bits per heavy atom. The van der Waals surface area contributed by atoms with Crippen molar-refractivity contribution in [1.29, 1.82) is 0 Å². The van der Waals surface area contributed by atoms with Gasteiger partial charge in [-0.15, -0.1) is 0 Å². The zero-order valence-electron chi connectivity index (χ0n) is 8.10. The van der Waals surface area contributed by atoms with Gasteiger partial charge in [-0.1, -0.05) is 11.6 Å². The molecule has 4 nitrogen and oxygen atoms in total. The van der Waals surface area contributed by atoms with Crippen molar-refractivity contribution in [2.75, 3.05) is 11.9 Å². The van der Waals surface area contributed by atoms with Gasteiger partial charge < -0.3 is 9.88 Å². The van der Waals surface area contributed by atoms with Crippen LogP contribution in [0.4, 0.5) is 5.82 Å². The zero-order valence-corrected chi connectivity index (χ0v) is 8.85. The molecule has 0 spiro atoms. The van der Waals surface area contributed by atoms with Crippen molar-refractivity contribution in [3.05, 3.63) is 42.1 Å². The lowest BCUT2D eigenvalue weighted by atomic mass is 10.4. The highest BCUT2D eigenvalue weighted by Gasteiger charge is 1.98. The van der Waals surface area contributed by atoms with Crippen LogP contribution >= 0.6 is 11.6 Å². The Morgan fingerprint density at radius 3 is 3.07 bits per heavy atom. The number of nitrogens with zero attached hydrogens (tertiary/aromatic N) is 3. The van der Waals surface area contributed by atoms with Crippen LogP contribution in [0.5, 0.6) is 0 Å². The van der Waals surface area contributed by atoms with Gasteiger partial charge in [-0.25, -0.2) is 9.97 Å². The van der Waals surface area contributed by atoms with Crippen LogP contribution in [0, 0.1) is 0 Å². The van der Waals surface area contributed by atoms with Gasteiger partial charge in [0.1, 0.15) is 5.82 Å². The predicted molar refractivity (Wildman–Crippen MR) is 60.0 cm³/mol. The van der Waals surface area contributed by atoms with Gasteiger partial charge in [-0.05, 0) is 12.1 Å². The molecule has 0 saturated heterocycles. The molecule has 0 aliphatic carbocycles. The number of hydrogen-bond donors (Lipinski definition) is 1. The highest BCUT2D eigenvalue weighted by Crippen LogP contribution is 2.16. The largest absolute Gasteiger partial charge is 0.367 e. The maximum atomic E-state index is 5.94. The van der Waals surface area contributed by atoms with Crippen molar-refractivity contribution in [1.82, 2.24) is 14.5 Å². The molecule has 1 N–H and O–H groups in total. The van der Waals surface area contributed by atoms with Crippen LogP contribution in [-0.4, -0.2) is 21.1 Å². The summed E-state index contributed by atoms with van der Waals surface area (Å²) in [5.41, 5.74) is 0.